The fourth-order valence-electron chi connectivity index (χ4n) is 2.55. The number of ether oxygens (including phenoxy) is 1. The molecule has 6 nitrogen and oxygen atoms in total. The van der Waals surface area contributed by atoms with Crippen molar-refractivity contribution in [2.75, 3.05) is 13.1 Å². The lowest BCUT2D eigenvalue weighted by Crippen LogP contribution is -2.41. The van der Waals surface area contributed by atoms with E-state index in [1.807, 2.05) is 26.7 Å². The van der Waals surface area contributed by atoms with Crippen molar-refractivity contribution in [3.05, 3.63) is 0 Å². The number of amides is 1. The number of hydrogen-bond donors (Lipinski definition) is 2. The number of aliphatic hydroxyl groups excluding tert-OH is 1. The number of aliphatic carboxylic acids is 1. The second kappa shape index (κ2) is 8.78. The van der Waals surface area contributed by atoms with Gasteiger partial charge in [-0.05, 0) is 52.4 Å². The molecule has 130 valence electrons. The Bertz CT molecular complexity index is 464. The summed E-state index contributed by atoms with van der Waals surface area (Å²) in [7, 11) is 0. The van der Waals surface area contributed by atoms with Crippen molar-refractivity contribution in [1.29, 1.82) is 0 Å². The number of carboxylic acid groups (broad SMARTS) is 1. The number of carboxylic acids is 1. The molecule has 6 heteroatoms. The molecule has 0 spiro atoms. The Morgan fingerprint density at radius 3 is 2.43 bits per heavy atom. The van der Waals surface area contributed by atoms with Gasteiger partial charge in [0, 0.05) is 19.0 Å². The number of carbonyl (C=O) groups excluding carboxylic acids is 1. The quantitative estimate of drug-likeness (QED) is 0.774. The Labute approximate surface area is 137 Å². The summed E-state index contributed by atoms with van der Waals surface area (Å²) in [5.74, 6) is 3.53. The van der Waals surface area contributed by atoms with Crippen molar-refractivity contribution in [2.24, 2.45) is 5.92 Å². The highest BCUT2D eigenvalue weighted by Crippen LogP contribution is 2.24. The van der Waals surface area contributed by atoms with Crippen LogP contribution in [0.4, 0.5) is 4.79 Å². The molecule has 1 aliphatic rings. The molecule has 0 aromatic rings. The second-order valence-corrected chi connectivity index (χ2v) is 6.93. The van der Waals surface area contributed by atoms with Gasteiger partial charge < -0.3 is 19.8 Å². The number of carbonyl (C=O) groups is 2. The number of likely N-dealkylation sites (tertiary alicyclic amines) is 1. The van der Waals surface area contributed by atoms with E-state index in [9.17, 15) is 14.7 Å². The topological polar surface area (TPSA) is 87.1 Å². The molecule has 0 unspecified atom stereocenters. The zero-order valence-electron chi connectivity index (χ0n) is 14.2. The SMILES string of the molecule is CC(C)(C)OC(=O)N1CCC(CCC[C@@H](O)C#CC(=O)O)CC1. The summed E-state index contributed by atoms with van der Waals surface area (Å²) in [6.07, 6.45) is 2.95. The molecule has 0 bridgehead atoms. The standard InChI is InChI=1S/C17H27NO5/c1-17(2,3)23-16(22)18-11-9-13(10-12-18)5-4-6-14(19)7-8-15(20)21/h13-14,19H,4-6,9-12H2,1-3H3,(H,20,21)/t14-/m1/s1. The minimum absolute atomic E-state index is 0.254. The molecule has 1 aliphatic heterocycles. The van der Waals surface area contributed by atoms with Crippen molar-refractivity contribution in [3.8, 4) is 11.8 Å². The lowest BCUT2D eigenvalue weighted by atomic mass is 9.91. The fourth-order valence-corrected chi connectivity index (χ4v) is 2.55. The Hall–Kier alpha value is -1.74. The number of aliphatic hydroxyl groups is 1. The predicted molar refractivity (Wildman–Crippen MR) is 85.8 cm³/mol. The smallest absolute Gasteiger partial charge is 0.410 e. The summed E-state index contributed by atoms with van der Waals surface area (Å²) in [6.45, 7) is 6.96. The maximum atomic E-state index is 12.0. The summed E-state index contributed by atoms with van der Waals surface area (Å²) in [5.41, 5.74) is -0.471. The zero-order valence-corrected chi connectivity index (χ0v) is 14.2. The molecule has 1 heterocycles. The van der Waals surface area contributed by atoms with Crippen LogP contribution in [0.2, 0.25) is 0 Å². The van der Waals surface area contributed by atoms with Gasteiger partial charge in [-0.2, -0.15) is 0 Å². The molecule has 1 fully saturated rings. The van der Waals surface area contributed by atoms with Crippen LogP contribution >= 0.6 is 0 Å². The van der Waals surface area contributed by atoms with Crippen LogP contribution in [-0.2, 0) is 9.53 Å². The summed E-state index contributed by atoms with van der Waals surface area (Å²) < 4.78 is 5.36. The van der Waals surface area contributed by atoms with E-state index in [0.29, 0.717) is 25.4 Å². The molecule has 0 saturated carbocycles. The van der Waals surface area contributed by atoms with Crippen molar-refractivity contribution >= 4 is 12.1 Å². The van der Waals surface area contributed by atoms with Crippen LogP contribution in [0.5, 0.6) is 0 Å². The van der Waals surface area contributed by atoms with Gasteiger partial charge in [0.1, 0.15) is 11.7 Å². The monoisotopic (exact) mass is 325 g/mol. The van der Waals surface area contributed by atoms with E-state index in [1.54, 1.807) is 4.90 Å². The van der Waals surface area contributed by atoms with Crippen LogP contribution in [0.1, 0.15) is 52.9 Å². The third-order valence-electron chi connectivity index (χ3n) is 3.70. The molecule has 23 heavy (non-hydrogen) atoms. The zero-order chi connectivity index (χ0) is 17.5. The van der Waals surface area contributed by atoms with Crippen LogP contribution in [0.3, 0.4) is 0 Å². The largest absolute Gasteiger partial charge is 0.472 e. The number of rotatable bonds is 4. The van der Waals surface area contributed by atoms with Crippen LogP contribution < -0.4 is 0 Å². The first kappa shape index (κ1) is 19.3. The highest BCUT2D eigenvalue weighted by atomic mass is 16.6. The van der Waals surface area contributed by atoms with Crippen LogP contribution in [-0.4, -0.2) is 52.0 Å². The number of nitrogens with zero attached hydrogens (tertiary/aromatic N) is 1. The Morgan fingerprint density at radius 2 is 1.91 bits per heavy atom. The van der Waals surface area contributed by atoms with E-state index in [4.69, 9.17) is 9.84 Å². The van der Waals surface area contributed by atoms with Gasteiger partial charge >= 0.3 is 12.1 Å². The normalized spacial score (nSPS) is 17.1. The maximum Gasteiger partial charge on any atom is 0.410 e. The predicted octanol–water partition coefficient (Wildman–Crippen LogP) is 2.25. The highest BCUT2D eigenvalue weighted by Gasteiger charge is 2.26. The first-order chi connectivity index (χ1) is 10.7. The third-order valence-corrected chi connectivity index (χ3v) is 3.70. The van der Waals surface area contributed by atoms with Gasteiger partial charge in [-0.15, -0.1) is 0 Å². The van der Waals surface area contributed by atoms with Gasteiger partial charge in [-0.1, -0.05) is 12.3 Å². The van der Waals surface area contributed by atoms with Crippen LogP contribution in [0.25, 0.3) is 0 Å². The molecule has 0 aromatic heterocycles. The van der Waals surface area contributed by atoms with Gasteiger partial charge in [0.15, 0.2) is 0 Å². The van der Waals surface area contributed by atoms with Gasteiger partial charge in [-0.3, -0.25) is 0 Å². The molecule has 1 saturated heterocycles. The van der Waals surface area contributed by atoms with Gasteiger partial charge in [0.05, 0.1) is 0 Å². The Morgan fingerprint density at radius 1 is 1.30 bits per heavy atom. The summed E-state index contributed by atoms with van der Waals surface area (Å²) >= 11 is 0. The first-order valence-corrected chi connectivity index (χ1v) is 8.08. The van der Waals surface area contributed by atoms with Crippen molar-refractivity contribution < 1.29 is 24.5 Å². The van der Waals surface area contributed by atoms with Crippen LogP contribution in [0, 0.1) is 17.8 Å². The van der Waals surface area contributed by atoms with E-state index in [0.717, 1.165) is 25.7 Å². The molecule has 1 rings (SSSR count). The molecular weight excluding hydrogens is 298 g/mol. The fraction of sp³-hybridized carbons (Fsp3) is 0.765. The summed E-state index contributed by atoms with van der Waals surface area (Å²) in [5, 5.41) is 17.9. The van der Waals surface area contributed by atoms with E-state index in [1.165, 1.54) is 0 Å². The van der Waals surface area contributed by atoms with Gasteiger partial charge in [-0.25, -0.2) is 9.59 Å². The van der Waals surface area contributed by atoms with E-state index in [-0.39, 0.29) is 6.09 Å². The van der Waals surface area contributed by atoms with Crippen LogP contribution in [0.15, 0.2) is 0 Å². The molecule has 0 aromatic carbocycles. The molecular formula is C17H27NO5. The average molecular weight is 325 g/mol. The van der Waals surface area contributed by atoms with Gasteiger partial charge in [0.2, 0.25) is 0 Å². The van der Waals surface area contributed by atoms with E-state index < -0.39 is 17.7 Å². The van der Waals surface area contributed by atoms with Gasteiger partial charge in [0.25, 0.3) is 0 Å². The molecule has 0 radical (unpaired) electrons. The number of piperidine rings is 1. The van der Waals surface area contributed by atoms with Crippen molar-refractivity contribution in [3.63, 3.8) is 0 Å². The van der Waals surface area contributed by atoms with Crippen molar-refractivity contribution in [2.45, 2.75) is 64.6 Å². The molecule has 1 amide bonds. The summed E-state index contributed by atoms with van der Waals surface area (Å²) in [4.78, 5) is 24.0. The Balaban J connectivity index is 2.23. The highest BCUT2D eigenvalue weighted by molar-refractivity contribution is 5.86. The lowest BCUT2D eigenvalue weighted by molar-refractivity contribution is -0.130. The maximum absolute atomic E-state index is 12.0. The molecule has 1 atom stereocenters. The molecule has 2 N–H and O–H groups in total. The lowest BCUT2D eigenvalue weighted by Gasteiger charge is -2.33. The second-order valence-electron chi connectivity index (χ2n) is 6.93. The van der Waals surface area contributed by atoms with E-state index in [2.05, 4.69) is 5.92 Å². The first-order valence-electron chi connectivity index (χ1n) is 8.08. The Kier molecular flexibility index (Phi) is 7.37. The summed E-state index contributed by atoms with van der Waals surface area (Å²) in [6, 6.07) is 0. The minimum atomic E-state index is -1.22. The van der Waals surface area contributed by atoms with Crippen molar-refractivity contribution in [1.82, 2.24) is 4.90 Å². The number of hydrogen-bond acceptors (Lipinski definition) is 4. The molecule has 0 aliphatic carbocycles. The third kappa shape index (κ3) is 8.46. The van der Waals surface area contributed by atoms with E-state index >= 15 is 0 Å². The minimum Gasteiger partial charge on any atom is -0.472 e. The average Bonchev–Trinajstić information content (AvgIpc) is 2.44.